The normalized spacial score (nSPS) is 17.2. The minimum absolute atomic E-state index is 0.205. The van der Waals surface area contributed by atoms with Crippen molar-refractivity contribution < 1.29 is 9.90 Å². The minimum atomic E-state index is -0.695. The molecular formula is C10H16N2O2S. The van der Waals surface area contributed by atoms with E-state index < -0.39 is 5.97 Å². The van der Waals surface area contributed by atoms with E-state index in [4.69, 9.17) is 17.3 Å². The third-order valence-electron chi connectivity index (χ3n) is 2.53. The third-order valence-corrected chi connectivity index (χ3v) is 2.93. The van der Waals surface area contributed by atoms with Crippen LogP contribution in [0, 0.1) is 5.92 Å². The molecule has 1 saturated heterocycles. The molecule has 0 saturated carbocycles. The van der Waals surface area contributed by atoms with Crippen molar-refractivity contribution in [2.24, 2.45) is 5.92 Å². The van der Waals surface area contributed by atoms with Crippen molar-refractivity contribution in [1.29, 1.82) is 0 Å². The second-order valence-corrected chi connectivity index (χ2v) is 3.96. The molecule has 0 unspecified atom stereocenters. The van der Waals surface area contributed by atoms with Crippen molar-refractivity contribution in [3.8, 4) is 0 Å². The maximum Gasteiger partial charge on any atom is 0.306 e. The molecule has 0 spiro atoms. The summed E-state index contributed by atoms with van der Waals surface area (Å²) < 4.78 is 0. The number of carbonyl (C=O) groups is 1. The van der Waals surface area contributed by atoms with E-state index in [0.29, 0.717) is 24.5 Å². The summed E-state index contributed by atoms with van der Waals surface area (Å²) >= 11 is 5.16. The number of hydrogen-bond donors (Lipinski definition) is 2. The highest BCUT2D eigenvalue weighted by atomic mass is 32.1. The summed E-state index contributed by atoms with van der Waals surface area (Å²) in [5.41, 5.74) is 0. The van der Waals surface area contributed by atoms with Crippen LogP contribution in [-0.2, 0) is 4.79 Å². The Hall–Kier alpha value is -1.10. The average Bonchev–Trinajstić information content (AvgIpc) is 2.26. The van der Waals surface area contributed by atoms with Crippen LogP contribution in [-0.4, -0.2) is 40.7 Å². The van der Waals surface area contributed by atoms with E-state index in [0.717, 1.165) is 13.1 Å². The number of hydrogen-bond acceptors (Lipinski definition) is 2. The lowest BCUT2D eigenvalue weighted by Gasteiger charge is -2.32. The number of nitrogens with one attached hydrogen (secondary N) is 1. The number of carboxylic acid groups (broad SMARTS) is 1. The molecule has 1 rings (SSSR count). The molecule has 5 heteroatoms. The second-order valence-electron chi connectivity index (χ2n) is 3.57. The van der Waals surface area contributed by atoms with E-state index in [1.54, 1.807) is 6.08 Å². The summed E-state index contributed by atoms with van der Waals surface area (Å²) in [5, 5.41) is 12.6. The molecule has 0 amide bonds. The Labute approximate surface area is 95.0 Å². The number of nitrogens with zero attached hydrogens (tertiary/aromatic N) is 1. The van der Waals surface area contributed by atoms with E-state index in [2.05, 4.69) is 11.9 Å². The molecule has 0 bridgehead atoms. The highest BCUT2D eigenvalue weighted by Crippen LogP contribution is 2.17. The zero-order chi connectivity index (χ0) is 11.3. The number of piperidine rings is 1. The monoisotopic (exact) mass is 228 g/mol. The van der Waals surface area contributed by atoms with Crippen LogP contribution < -0.4 is 5.32 Å². The topological polar surface area (TPSA) is 52.6 Å². The lowest BCUT2D eigenvalue weighted by atomic mass is 9.97. The van der Waals surface area contributed by atoms with Crippen molar-refractivity contribution in [3.05, 3.63) is 12.7 Å². The number of thiocarbonyl (C=S) groups is 1. The summed E-state index contributed by atoms with van der Waals surface area (Å²) in [4.78, 5) is 12.7. The summed E-state index contributed by atoms with van der Waals surface area (Å²) in [6.45, 7) is 5.69. The van der Waals surface area contributed by atoms with E-state index in [1.165, 1.54) is 0 Å². The smallest absolute Gasteiger partial charge is 0.306 e. The van der Waals surface area contributed by atoms with Gasteiger partial charge in [0.1, 0.15) is 0 Å². The van der Waals surface area contributed by atoms with Crippen molar-refractivity contribution in [2.45, 2.75) is 12.8 Å². The first-order valence-corrected chi connectivity index (χ1v) is 5.42. The van der Waals surface area contributed by atoms with Gasteiger partial charge in [0, 0.05) is 19.6 Å². The maximum absolute atomic E-state index is 10.7. The van der Waals surface area contributed by atoms with E-state index >= 15 is 0 Å². The molecule has 1 heterocycles. The van der Waals surface area contributed by atoms with Crippen molar-refractivity contribution in [2.75, 3.05) is 19.6 Å². The SMILES string of the molecule is C=CCNC(=S)N1CCC(C(=O)O)CC1. The maximum atomic E-state index is 10.7. The number of aliphatic carboxylic acids is 1. The first-order chi connectivity index (χ1) is 7.15. The van der Waals surface area contributed by atoms with Crippen LogP contribution in [0.1, 0.15) is 12.8 Å². The Bertz CT molecular complexity index is 260. The van der Waals surface area contributed by atoms with Crippen molar-refractivity contribution in [3.63, 3.8) is 0 Å². The first kappa shape index (κ1) is 12.0. The summed E-state index contributed by atoms with van der Waals surface area (Å²) in [7, 11) is 0. The van der Waals surface area contributed by atoms with Gasteiger partial charge in [-0.2, -0.15) is 0 Å². The molecule has 84 valence electrons. The Morgan fingerprint density at radius 3 is 2.67 bits per heavy atom. The molecule has 0 aromatic rings. The van der Waals surface area contributed by atoms with Crippen LogP contribution in [0.25, 0.3) is 0 Å². The van der Waals surface area contributed by atoms with Gasteiger partial charge in [0.2, 0.25) is 0 Å². The quantitative estimate of drug-likeness (QED) is 0.554. The zero-order valence-electron chi connectivity index (χ0n) is 8.61. The first-order valence-electron chi connectivity index (χ1n) is 5.01. The van der Waals surface area contributed by atoms with Gasteiger partial charge in [-0.3, -0.25) is 4.79 Å². The van der Waals surface area contributed by atoms with Crippen LogP contribution in [0.5, 0.6) is 0 Å². The number of likely N-dealkylation sites (tertiary alicyclic amines) is 1. The van der Waals surface area contributed by atoms with Crippen LogP contribution >= 0.6 is 12.2 Å². The molecule has 1 aliphatic heterocycles. The molecular weight excluding hydrogens is 212 g/mol. The average molecular weight is 228 g/mol. The predicted molar refractivity (Wildman–Crippen MR) is 62.7 cm³/mol. The van der Waals surface area contributed by atoms with Crippen LogP contribution in [0.3, 0.4) is 0 Å². The fourth-order valence-electron chi connectivity index (χ4n) is 1.60. The highest BCUT2D eigenvalue weighted by molar-refractivity contribution is 7.80. The minimum Gasteiger partial charge on any atom is -0.481 e. The Morgan fingerprint density at radius 2 is 2.20 bits per heavy atom. The van der Waals surface area contributed by atoms with Gasteiger partial charge in [0.05, 0.1) is 5.92 Å². The summed E-state index contributed by atoms with van der Waals surface area (Å²) in [5.74, 6) is -0.900. The van der Waals surface area contributed by atoms with Gasteiger partial charge >= 0.3 is 5.97 Å². The number of carboxylic acids is 1. The molecule has 15 heavy (non-hydrogen) atoms. The molecule has 1 fully saturated rings. The molecule has 4 nitrogen and oxygen atoms in total. The van der Waals surface area contributed by atoms with Crippen molar-refractivity contribution >= 4 is 23.3 Å². The highest BCUT2D eigenvalue weighted by Gasteiger charge is 2.25. The Morgan fingerprint density at radius 1 is 1.60 bits per heavy atom. The van der Waals surface area contributed by atoms with Gasteiger partial charge < -0.3 is 15.3 Å². The number of rotatable bonds is 3. The third kappa shape index (κ3) is 3.51. The lowest BCUT2D eigenvalue weighted by molar-refractivity contribution is -0.143. The largest absolute Gasteiger partial charge is 0.481 e. The van der Waals surface area contributed by atoms with Crippen LogP contribution in [0.4, 0.5) is 0 Å². The van der Waals surface area contributed by atoms with Gasteiger partial charge in [0.25, 0.3) is 0 Å². The Balaban J connectivity index is 2.33. The summed E-state index contributed by atoms with van der Waals surface area (Å²) in [6.07, 6.45) is 3.09. The predicted octanol–water partition coefficient (Wildman–Crippen LogP) is 0.843. The second kappa shape index (κ2) is 5.70. The van der Waals surface area contributed by atoms with Gasteiger partial charge in [-0.25, -0.2) is 0 Å². The standard InChI is InChI=1S/C10H16N2O2S/c1-2-5-11-10(15)12-6-3-8(4-7-12)9(13)14/h2,8H,1,3-7H2,(H,11,15)(H,13,14). The fourth-order valence-corrected chi connectivity index (χ4v) is 1.87. The van der Waals surface area contributed by atoms with Crippen LogP contribution in [0.15, 0.2) is 12.7 Å². The van der Waals surface area contributed by atoms with Gasteiger partial charge in [0.15, 0.2) is 5.11 Å². The molecule has 0 radical (unpaired) electrons. The molecule has 0 aliphatic carbocycles. The molecule has 0 aromatic carbocycles. The van der Waals surface area contributed by atoms with E-state index in [-0.39, 0.29) is 5.92 Å². The fraction of sp³-hybridized carbons (Fsp3) is 0.600. The van der Waals surface area contributed by atoms with Gasteiger partial charge in [-0.05, 0) is 25.1 Å². The van der Waals surface area contributed by atoms with Crippen molar-refractivity contribution in [1.82, 2.24) is 10.2 Å². The Kier molecular flexibility index (Phi) is 4.55. The molecule has 0 aromatic heterocycles. The van der Waals surface area contributed by atoms with Gasteiger partial charge in [-0.15, -0.1) is 6.58 Å². The zero-order valence-corrected chi connectivity index (χ0v) is 9.42. The molecule has 0 atom stereocenters. The van der Waals surface area contributed by atoms with Crippen LogP contribution in [0.2, 0.25) is 0 Å². The molecule has 1 aliphatic rings. The lowest BCUT2D eigenvalue weighted by Crippen LogP contribution is -2.45. The summed E-state index contributed by atoms with van der Waals surface area (Å²) in [6, 6.07) is 0. The van der Waals surface area contributed by atoms with Gasteiger partial charge in [-0.1, -0.05) is 6.08 Å². The van der Waals surface area contributed by atoms with E-state index in [1.807, 2.05) is 4.90 Å². The molecule has 2 N–H and O–H groups in total. The van der Waals surface area contributed by atoms with E-state index in [9.17, 15) is 4.79 Å².